The predicted octanol–water partition coefficient (Wildman–Crippen LogP) is 6.52. The summed E-state index contributed by atoms with van der Waals surface area (Å²) in [4.78, 5) is 18.1. The number of carbonyl (C=O) groups is 1. The van der Waals surface area contributed by atoms with E-state index >= 15 is 0 Å². The van der Waals surface area contributed by atoms with E-state index in [4.69, 9.17) is 9.47 Å². The molecule has 6 heteroatoms. The van der Waals surface area contributed by atoms with Crippen LogP contribution in [-0.2, 0) is 4.79 Å². The molecule has 2 aromatic heterocycles. The Hall–Kier alpha value is -4.58. The molecule has 0 saturated carbocycles. The molecule has 204 valence electrons. The van der Waals surface area contributed by atoms with Crippen molar-refractivity contribution in [1.82, 2.24) is 14.7 Å². The van der Waals surface area contributed by atoms with Crippen molar-refractivity contribution in [3.8, 4) is 11.5 Å². The van der Waals surface area contributed by atoms with E-state index in [0.29, 0.717) is 18.0 Å². The summed E-state index contributed by atoms with van der Waals surface area (Å²) in [6, 6.07) is 30.8. The first-order valence-corrected chi connectivity index (χ1v) is 13.6. The van der Waals surface area contributed by atoms with E-state index < -0.39 is 0 Å². The third-order valence-electron chi connectivity index (χ3n) is 7.38. The van der Waals surface area contributed by atoms with Gasteiger partial charge in [-0.3, -0.25) is 4.79 Å². The van der Waals surface area contributed by atoms with Gasteiger partial charge >= 0.3 is 0 Å². The van der Waals surface area contributed by atoms with Crippen LogP contribution in [0.2, 0.25) is 0 Å². The smallest absolute Gasteiger partial charge is 0.221 e. The maximum Gasteiger partial charge on any atom is 0.221 e. The van der Waals surface area contributed by atoms with E-state index in [0.717, 1.165) is 28.9 Å². The van der Waals surface area contributed by atoms with Crippen LogP contribution in [0, 0.1) is 6.92 Å². The molecule has 0 bridgehead atoms. The van der Waals surface area contributed by atoms with Crippen LogP contribution in [0.3, 0.4) is 0 Å². The van der Waals surface area contributed by atoms with E-state index in [-0.39, 0.29) is 24.2 Å². The number of benzene rings is 3. The van der Waals surface area contributed by atoms with E-state index in [1.54, 1.807) is 14.2 Å². The number of hydrogen-bond acceptors (Lipinski definition) is 4. The van der Waals surface area contributed by atoms with Crippen LogP contribution in [0.25, 0.3) is 5.65 Å². The topological polar surface area (TPSA) is 64.9 Å². The molecule has 40 heavy (non-hydrogen) atoms. The second-order valence-electron chi connectivity index (χ2n) is 10.0. The Bertz CT molecular complexity index is 1500. The fraction of sp³-hybridized carbons (Fsp3) is 0.235. The van der Waals surface area contributed by atoms with Crippen molar-refractivity contribution >= 4 is 11.6 Å². The Morgan fingerprint density at radius 3 is 2.05 bits per heavy atom. The number of amides is 1. The third-order valence-corrected chi connectivity index (χ3v) is 7.38. The fourth-order valence-electron chi connectivity index (χ4n) is 5.29. The molecule has 5 aromatic rings. The predicted molar refractivity (Wildman–Crippen MR) is 158 cm³/mol. The number of nitrogens with zero attached hydrogens (tertiary/aromatic N) is 2. The zero-order chi connectivity index (χ0) is 27.9. The Morgan fingerprint density at radius 1 is 0.825 bits per heavy atom. The first-order valence-electron chi connectivity index (χ1n) is 13.6. The van der Waals surface area contributed by atoms with Crippen LogP contribution < -0.4 is 14.8 Å². The standard InChI is InChI=1S/C34H35N3O3/c1-24-15-17-37-32(23-36-33(37)18-24)31(27-19-28(39-2)21-29(20-27)40-3)22-34(38)35-16-14-30(25-10-6-4-7-11-25)26-12-8-5-9-13-26/h4-13,15,17-21,23,30-31H,14,16,22H2,1-3H3,(H,35,38). The van der Waals surface area contributed by atoms with Crippen molar-refractivity contribution in [3.05, 3.63) is 131 Å². The number of ether oxygens (including phenoxy) is 2. The summed E-state index contributed by atoms with van der Waals surface area (Å²) in [7, 11) is 3.26. The highest BCUT2D eigenvalue weighted by atomic mass is 16.5. The van der Waals surface area contributed by atoms with Gasteiger partial charge in [-0.25, -0.2) is 4.98 Å². The highest BCUT2D eigenvalue weighted by molar-refractivity contribution is 5.77. The molecular formula is C34H35N3O3. The summed E-state index contributed by atoms with van der Waals surface area (Å²) in [5.74, 6) is 1.29. The van der Waals surface area contributed by atoms with Gasteiger partial charge in [0.2, 0.25) is 5.91 Å². The average molecular weight is 534 g/mol. The summed E-state index contributed by atoms with van der Waals surface area (Å²) in [6.07, 6.45) is 4.94. The zero-order valence-electron chi connectivity index (χ0n) is 23.2. The van der Waals surface area contributed by atoms with E-state index in [1.807, 2.05) is 55.7 Å². The van der Waals surface area contributed by atoms with Crippen LogP contribution in [0.1, 0.15) is 52.6 Å². The van der Waals surface area contributed by atoms with Gasteiger partial charge in [0.1, 0.15) is 17.1 Å². The number of aromatic nitrogens is 2. The molecule has 0 saturated heterocycles. The average Bonchev–Trinajstić information content (AvgIpc) is 3.41. The normalized spacial score (nSPS) is 11.9. The summed E-state index contributed by atoms with van der Waals surface area (Å²) >= 11 is 0. The van der Waals surface area contributed by atoms with Gasteiger partial charge in [-0.2, -0.15) is 0 Å². The lowest BCUT2D eigenvalue weighted by molar-refractivity contribution is -0.121. The minimum absolute atomic E-state index is 0.0197. The molecule has 0 aliphatic heterocycles. The summed E-state index contributed by atoms with van der Waals surface area (Å²) in [6.45, 7) is 2.61. The monoisotopic (exact) mass is 533 g/mol. The molecule has 5 rings (SSSR count). The number of nitrogens with one attached hydrogen (secondary N) is 1. The molecule has 1 N–H and O–H groups in total. The summed E-state index contributed by atoms with van der Waals surface area (Å²) in [5, 5.41) is 3.20. The lowest BCUT2D eigenvalue weighted by atomic mass is 9.88. The number of fused-ring (bicyclic) bond motifs is 1. The number of imidazole rings is 1. The second kappa shape index (κ2) is 12.5. The minimum Gasteiger partial charge on any atom is -0.497 e. The van der Waals surface area contributed by atoms with Gasteiger partial charge in [0.05, 0.1) is 19.9 Å². The Balaban J connectivity index is 1.38. The van der Waals surface area contributed by atoms with Crippen LogP contribution >= 0.6 is 0 Å². The van der Waals surface area contributed by atoms with Gasteiger partial charge in [-0.05, 0) is 59.9 Å². The molecule has 0 radical (unpaired) electrons. The van der Waals surface area contributed by atoms with E-state index in [1.165, 1.54) is 11.1 Å². The highest BCUT2D eigenvalue weighted by Gasteiger charge is 2.24. The summed E-state index contributed by atoms with van der Waals surface area (Å²) < 4.78 is 13.1. The van der Waals surface area contributed by atoms with Gasteiger partial charge in [0, 0.05) is 43.3 Å². The van der Waals surface area contributed by atoms with Gasteiger partial charge < -0.3 is 19.2 Å². The molecule has 1 unspecified atom stereocenters. The molecule has 0 fully saturated rings. The molecule has 6 nitrogen and oxygen atoms in total. The number of pyridine rings is 1. The minimum atomic E-state index is -0.249. The molecule has 2 heterocycles. The largest absolute Gasteiger partial charge is 0.497 e. The number of carbonyl (C=O) groups excluding carboxylic acids is 1. The van der Waals surface area contributed by atoms with Gasteiger partial charge in [-0.1, -0.05) is 60.7 Å². The first kappa shape index (κ1) is 27.0. The van der Waals surface area contributed by atoms with E-state index in [9.17, 15) is 4.79 Å². The van der Waals surface area contributed by atoms with E-state index in [2.05, 4.69) is 69.3 Å². The number of hydrogen-bond donors (Lipinski definition) is 1. The maximum atomic E-state index is 13.5. The molecule has 1 amide bonds. The Morgan fingerprint density at radius 2 is 1.45 bits per heavy atom. The van der Waals surface area contributed by atoms with Crippen LogP contribution in [0.4, 0.5) is 0 Å². The fourth-order valence-corrected chi connectivity index (χ4v) is 5.29. The summed E-state index contributed by atoms with van der Waals surface area (Å²) in [5.41, 5.74) is 6.33. The zero-order valence-corrected chi connectivity index (χ0v) is 23.2. The molecule has 3 aromatic carbocycles. The molecular weight excluding hydrogens is 498 g/mol. The van der Waals surface area contributed by atoms with Gasteiger partial charge in [0.25, 0.3) is 0 Å². The van der Waals surface area contributed by atoms with Crippen molar-refractivity contribution in [2.24, 2.45) is 0 Å². The SMILES string of the molecule is COc1cc(OC)cc(C(CC(=O)NCCC(c2ccccc2)c2ccccc2)c2cnc3cc(C)ccn23)c1. The van der Waals surface area contributed by atoms with Crippen LogP contribution in [-0.4, -0.2) is 36.1 Å². The second-order valence-corrected chi connectivity index (χ2v) is 10.0. The molecule has 0 aliphatic rings. The van der Waals surface area contributed by atoms with Gasteiger partial charge in [-0.15, -0.1) is 0 Å². The highest BCUT2D eigenvalue weighted by Crippen LogP contribution is 2.34. The lowest BCUT2D eigenvalue weighted by Crippen LogP contribution is -2.28. The molecule has 0 aliphatic carbocycles. The molecule has 1 atom stereocenters. The first-order chi connectivity index (χ1) is 19.6. The maximum absolute atomic E-state index is 13.5. The number of aryl methyl sites for hydroxylation is 1. The van der Waals surface area contributed by atoms with Crippen molar-refractivity contribution < 1.29 is 14.3 Å². The van der Waals surface area contributed by atoms with Crippen molar-refractivity contribution in [3.63, 3.8) is 0 Å². The third kappa shape index (κ3) is 6.18. The Kier molecular flexibility index (Phi) is 8.45. The number of rotatable bonds is 11. The van der Waals surface area contributed by atoms with Crippen molar-refractivity contribution in [1.29, 1.82) is 0 Å². The molecule has 0 spiro atoms. The van der Waals surface area contributed by atoms with Gasteiger partial charge in [0.15, 0.2) is 0 Å². The van der Waals surface area contributed by atoms with Crippen LogP contribution in [0.5, 0.6) is 11.5 Å². The quantitative estimate of drug-likeness (QED) is 0.210. The van der Waals surface area contributed by atoms with Crippen LogP contribution in [0.15, 0.2) is 103 Å². The lowest BCUT2D eigenvalue weighted by Gasteiger charge is -2.21. The number of methoxy groups -OCH3 is 2. The van der Waals surface area contributed by atoms with Crippen molar-refractivity contribution in [2.75, 3.05) is 20.8 Å². The van der Waals surface area contributed by atoms with Crippen molar-refractivity contribution in [2.45, 2.75) is 31.6 Å². The Labute approximate surface area is 235 Å².